The Labute approximate surface area is 316 Å². The quantitative estimate of drug-likeness (QED) is 0.0907. The summed E-state index contributed by atoms with van der Waals surface area (Å²) in [6.45, 7) is 9.24. The van der Waals surface area contributed by atoms with E-state index in [1.807, 2.05) is 17.9 Å². The monoisotopic (exact) mass is 870 g/mol. The molecular formula is C48H43OsPSi+. The van der Waals surface area contributed by atoms with Gasteiger partial charge in [-0.3, -0.25) is 0 Å². The summed E-state index contributed by atoms with van der Waals surface area (Å²) in [7, 11) is -4.30. The van der Waals surface area contributed by atoms with Gasteiger partial charge >= 0.3 is 299 Å². The average Bonchev–Trinajstić information content (AvgIpc) is 3.72. The van der Waals surface area contributed by atoms with Crippen LogP contribution in [0.2, 0.25) is 13.1 Å². The standard InChI is InChI=1S/C48H43PSi.Os/c1-6-18-37-28-31-45-46-32-29-38(34-48(46)50(4,5)47(45)33-37)27-30-40(35-41-20-17-19-39(41)7-2)36(3)49(42-21-11-8-12-22-42,43-23-13-9-14-24-43)44-25-15-10-16-26-44;/h6-16,18,21-26,28-29,31-35H,17,19-20H2,1-2,4-5H3;/q+1;/b18-6+,39-7?,40-36?,41-35?;. The van der Waals surface area contributed by atoms with E-state index >= 15 is 0 Å². The Morgan fingerprint density at radius 2 is 1.24 bits per heavy atom. The van der Waals surface area contributed by atoms with Crippen LogP contribution in [0.25, 0.3) is 17.2 Å². The summed E-state index contributed by atoms with van der Waals surface area (Å²) in [5.74, 6) is 7.58. The first-order valence-electron chi connectivity index (χ1n) is 17.9. The van der Waals surface area contributed by atoms with Gasteiger partial charge in [-0.05, 0) is 6.92 Å². The molecule has 5 aromatic rings. The van der Waals surface area contributed by atoms with Crippen LogP contribution in [0.4, 0.5) is 0 Å². The van der Waals surface area contributed by atoms with Crippen molar-refractivity contribution in [3.63, 3.8) is 0 Å². The molecule has 3 heteroatoms. The van der Waals surface area contributed by atoms with Gasteiger partial charge in [0.05, 0.1) is 0 Å². The number of rotatable bonds is 6. The molecular weight excluding hydrogens is 826 g/mol. The molecule has 0 amide bonds. The predicted octanol–water partition coefficient (Wildman–Crippen LogP) is 9.69. The molecule has 51 heavy (non-hydrogen) atoms. The van der Waals surface area contributed by atoms with Crippen LogP contribution < -0.4 is 26.3 Å². The maximum absolute atomic E-state index is 3.86. The number of hydrogen-bond donors (Lipinski definition) is 0. The van der Waals surface area contributed by atoms with Crippen LogP contribution in [0.1, 0.15) is 44.2 Å². The van der Waals surface area contributed by atoms with Crippen LogP contribution in [-0.2, 0) is 17.9 Å². The number of benzene rings is 5. The fraction of sp³-hybridized carbons (Fsp3) is 0.146. The van der Waals surface area contributed by atoms with E-state index in [4.69, 9.17) is 0 Å². The van der Waals surface area contributed by atoms with Gasteiger partial charge in [0.25, 0.3) is 0 Å². The summed E-state index contributed by atoms with van der Waals surface area (Å²) in [5, 5.41) is 8.14. The maximum atomic E-state index is 3.86. The van der Waals surface area contributed by atoms with Gasteiger partial charge < -0.3 is 0 Å². The number of hydrogen-bond acceptors (Lipinski definition) is 0. The molecule has 251 valence electrons. The molecule has 0 bridgehead atoms. The normalized spacial score (nSPS) is 16.7. The Bertz CT molecular complexity index is 2230. The van der Waals surface area contributed by atoms with Crippen molar-refractivity contribution in [3.05, 3.63) is 179 Å². The van der Waals surface area contributed by atoms with E-state index in [0.29, 0.717) is 0 Å². The van der Waals surface area contributed by atoms with Crippen LogP contribution >= 0.6 is 7.26 Å². The first-order chi connectivity index (χ1) is 24.9. The molecule has 0 atom stereocenters. The first kappa shape index (κ1) is 35.1. The Kier molecular flexibility index (Phi) is 10.4. The summed E-state index contributed by atoms with van der Waals surface area (Å²) >= 11 is 1.83. The molecule has 2 aliphatic rings. The molecule has 0 nitrogen and oxygen atoms in total. The molecule has 0 unspecified atom stereocenters. The van der Waals surface area contributed by atoms with Crippen molar-refractivity contribution >= 4 is 47.7 Å². The second-order valence-corrected chi connectivity index (χ2v) is 22.1. The van der Waals surface area contributed by atoms with Gasteiger partial charge in [0, 0.05) is 0 Å². The molecule has 1 fully saturated rings. The topological polar surface area (TPSA) is 0 Å². The Balaban J connectivity index is 1.49. The van der Waals surface area contributed by atoms with Gasteiger partial charge in [0.1, 0.15) is 0 Å². The fourth-order valence-electron chi connectivity index (χ4n) is 7.97. The van der Waals surface area contributed by atoms with Gasteiger partial charge in [-0.15, -0.1) is 0 Å². The molecule has 1 aliphatic carbocycles. The van der Waals surface area contributed by atoms with E-state index in [1.165, 1.54) is 65.9 Å². The fourth-order valence-corrected chi connectivity index (χ4v) is 16.8. The van der Waals surface area contributed by atoms with Crippen LogP contribution in [0, 0.1) is 16.2 Å². The third-order valence-electron chi connectivity index (χ3n) is 10.5. The number of fused-ring (bicyclic) bond motifs is 3. The van der Waals surface area contributed by atoms with E-state index < -0.39 is 15.3 Å². The van der Waals surface area contributed by atoms with Crippen molar-refractivity contribution in [3.8, 4) is 27.3 Å². The second kappa shape index (κ2) is 15.1. The van der Waals surface area contributed by atoms with Crippen molar-refractivity contribution in [2.45, 2.75) is 46.2 Å². The van der Waals surface area contributed by atoms with Gasteiger partial charge in [0.2, 0.25) is 0 Å². The second-order valence-electron chi connectivity index (χ2n) is 13.8. The van der Waals surface area contributed by atoms with E-state index in [9.17, 15) is 0 Å². The molecule has 5 aromatic carbocycles. The Hall–Kier alpha value is -4.32. The van der Waals surface area contributed by atoms with Crippen LogP contribution in [0.3, 0.4) is 0 Å². The number of allylic oxidation sites excluding steroid dienone is 7. The minimum atomic E-state index is -2.40. The molecule has 7 rings (SSSR count). The van der Waals surface area contributed by atoms with E-state index in [1.54, 1.807) is 0 Å². The molecule has 1 heterocycles. The van der Waals surface area contributed by atoms with Crippen molar-refractivity contribution in [1.29, 1.82) is 0 Å². The van der Waals surface area contributed by atoms with Gasteiger partial charge in [-0.2, -0.15) is 0 Å². The summed E-state index contributed by atoms with van der Waals surface area (Å²) in [6.07, 6.45) is 12.4. The summed E-state index contributed by atoms with van der Waals surface area (Å²) in [6, 6.07) is 47.3. The molecule has 0 saturated heterocycles. The summed E-state index contributed by atoms with van der Waals surface area (Å²) in [5.41, 5.74) is 9.03. The molecule has 0 aromatic heterocycles. The van der Waals surface area contributed by atoms with Crippen molar-refractivity contribution in [2.24, 2.45) is 0 Å². The summed E-state index contributed by atoms with van der Waals surface area (Å²) in [4.78, 5) is 0. The predicted molar refractivity (Wildman–Crippen MR) is 222 cm³/mol. The molecule has 0 N–H and O–H groups in total. The van der Waals surface area contributed by atoms with Crippen molar-refractivity contribution < 1.29 is 17.9 Å². The third-order valence-corrected chi connectivity index (χ3v) is 19.4. The van der Waals surface area contributed by atoms with Gasteiger partial charge in [-0.1, -0.05) is 12.2 Å². The zero-order valence-electron chi connectivity index (χ0n) is 29.9. The minimum absolute atomic E-state index is 1.07. The Morgan fingerprint density at radius 3 is 1.78 bits per heavy atom. The van der Waals surface area contributed by atoms with Crippen molar-refractivity contribution in [2.75, 3.05) is 0 Å². The molecule has 0 radical (unpaired) electrons. The third kappa shape index (κ3) is 6.51. The van der Waals surface area contributed by atoms with E-state index in [0.717, 1.165) is 24.0 Å². The summed E-state index contributed by atoms with van der Waals surface area (Å²) < 4.78 is 3.86. The van der Waals surface area contributed by atoms with Crippen LogP contribution in [-0.4, -0.2) is 8.07 Å². The zero-order valence-corrected chi connectivity index (χ0v) is 34.3. The van der Waals surface area contributed by atoms with Crippen LogP contribution in [0.15, 0.2) is 168 Å². The molecule has 0 spiro atoms. The zero-order chi connectivity index (χ0) is 35.4. The Morgan fingerprint density at radius 1 is 0.686 bits per heavy atom. The van der Waals surface area contributed by atoms with Gasteiger partial charge in [0.15, 0.2) is 0 Å². The first-order valence-corrected chi connectivity index (χ1v) is 23.9. The molecule has 1 aliphatic heterocycles. The van der Waals surface area contributed by atoms with E-state index in [-0.39, 0.29) is 0 Å². The van der Waals surface area contributed by atoms with Crippen LogP contribution in [0.5, 0.6) is 0 Å². The van der Waals surface area contributed by atoms with E-state index in [2.05, 4.69) is 195 Å². The molecule has 1 saturated carbocycles. The average molecular weight is 869 g/mol. The van der Waals surface area contributed by atoms with Crippen molar-refractivity contribution in [1.82, 2.24) is 0 Å². The SMILES string of the molecule is CC=C1CCCC1=CC(C#Cc1ccc2c(c1)[Si](C)(C)c1cc(/C=C/C)ccc1-2)=C([C]#[Os])[P+](c1ccccc1)(c1ccccc1)c1ccccc1. The van der Waals surface area contributed by atoms with Gasteiger partial charge in [-0.25, -0.2) is 0 Å².